The van der Waals surface area contributed by atoms with Gasteiger partial charge in [-0.05, 0) is 11.6 Å². The zero-order valence-electron chi connectivity index (χ0n) is 16.7. The predicted molar refractivity (Wildman–Crippen MR) is 113 cm³/mol. The Bertz CT molecular complexity index is 797. The number of nitrogens with zero attached hydrogens (tertiary/aromatic N) is 2. The summed E-state index contributed by atoms with van der Waals surface area (Å²) in [7, 11) is 0. The highest BCUT2D eigenvalue weighted by atomic mass is 16.2. The predicted octanol–water partition coefficient (Wildman–Crippen LogP) is 3.48. The average molecular weight is 380 g/mol. The van der Waals surface area contributed by atoms with Crippen LogP contribution in [0.5, 0.6) is 0 Å². The third kappa shape index (κ3) is 5.20. The molecule has 0 bridgehead atoms. The lowest BCUT2D eigenvalue weighted by molar-refractivity contribution is -0.136. The van der Waals surface area contributed by atoms with Crippen molar-refractivity contribution >= 4 is 17.5 Å². The third-order valence-corrected chi connectivity index (χ3v) is 5.12. The second-order valence-corrected chi connectivity index (χ2v) is 7.53. The fourth-order valence-electron chi connectivity index (χ4n) is 3.49. The first-order valence-electron chi connectivity index (χ1n) is 10.00. The molecular weight excluding hydrogens is 350 g/mol. The van der Waals surface area contributed by atoms with Gasteiger partial charge < -0.3 is 10.2 Å². The maximum atomic E-state index is 12.5. The highest BCUT2D eigenvalue weighted by molar-refractivity contribution is 5.95. The Labute approximate surface area is 167 Å². The van der Waals surface area contributed by atoms with Crippen molar-refractivity contribution in [3.8, 4) is 11.1 Å². The van der Waals surface area contributed by atoms with Gasteiger partial charge in [0.05, 0.1) is 0 Å². The number of amides is 2. The number of para-hydroxylation sites is 1. The summed E-state index contributed by atoms with van der Waals surface area (Å²) in [5, 5.41) is 3.06. The zero-order chi connectivity index (χ0) is 19.9. The van der Waals surface area contributed by atoms with Gasteiger partial charge in [-0.1, -0.05) is 62.4 Å². The molecule has 1 aliphatic rings. The molecule has 0 unspecified atom stereocenters. The molecule has 5 nitrogen and oxygen atoms in total. The summed E-state index contributed by atoms with van der Waals surface area (Å²) in [5.74, 6) is 0.279. The maximum absolute atomic E-state index is 12.5. The van der Waals surface area contributed by atoms with Crippen LogP contribution >= 0.6 is 0 Å². The minimum Gasteiger partial charge on any atom is -0.340 e. The molecule has 28 heavy (non-hydrogen) atoms. The first-order valence-corrected chi connectivity index (χ1v) is 10.00. The van der Waals surface area contributed by atoms with Crippen molar-refractivity contribution in [2.45, 2.75) is 20.3 Å². The van der Waals surface area contributed by atoms with Crippen molar-refractivity contribution < 1.29 is 9.59 Å². The van der Waals surface area contributed by atoms with Gasteiger partial charge in [0, 0.05) is 56.3 Å². The minimum atomic E-state index is 0.0177. The van der Waals surface area contributed by atoms with Crippen molar-refractivity contribution in [3.05, 3.63) is 54.6 Å². The molecule has 0 aromatic heterocycles. The molecule has 0 aliphatic carbocycles. The molecule has 2 amide bonds. The van der Waals surface area contributed by atoms with Gasteiger partial charge in [-0.15, -0.1) is 0 Å². The first kappa shape index (κ1) is 20.1. The molecule has 3 rings (SSSR count). The normalized spacial score (nSPS) is 14.9. The standard InChI is InChI=1S/C23H29N3O2/c1-18(2)23(28)26-16-14-25(15-17-26)13-12-22(27)24-21-11-7-6-10-20(21)19-8-4-3-5-9-19/h3-11,18H,12-17H2,1-2H3,(H,24,27). The van der Waals surface area contributed by atoms with Crippen LogP contribution in [-0.4, -0.2) is 54.3 Å². The number of anilines is 1. The number of benzene rings is 2. The molecule has 1 fully saturated rings. The fourth-order valence-corrected chi connectivity index (χ4v) is 3.49. The molecule has 0 atom stereocenters. The Balaban J connectivity index is 1.51. The van der Waals surface area contributed by atoms with Crippen molar-refractivity contribution in [3.63, 3.8) is 0 Å². The van der Waals surface area contributed by atoms with Crippen LogP contribution in [0.25, 0.3) is 11.1 Å². The Kier molecular flexibility index (Phi) is 6.82. The molecule has 2 aromatic carbocycles. The van der Waals surface area contributed by atoms with E-state index in [1.165, 1.54) is 0 Å². The van der Waals surface area contributed by atoms with Crippen LogP contribution in [0.15, 0.2) is 54.6 Å². The highest BCUT2D eigenvalue weighted by Crippen LogP contribution is 2.27. The molecule has 0 radical (unpaired) electrons. The fraction of sp³-hybridized carbons (Fsp3) is 0.391. The van der Waals surface area contributed by atoms with Crippen LogP contribution in [0.1, 0.15) is 20.3 Å². The van der Waals surface area contributed by atoms with Crippen LogP contribution in [0.3, 0.4) is 0 Å². The SMILES string of the molecule is CC(C)C(=O)N1CCN(CCC(=O)Nc2ccccc2-c2ccccc2)CC1. The molecular formula is C23H29N3O2. The Morgan fingerprint density at radius 2 is 1.57 bits per heavy atom. The van der Waals surface area contributed by atoms with E-state index in [2.05, 4.69) is 10.2 Å². The third-order valence-electron chi connectivity index (χ3n) is 5.12. The second kappa shape index (κ2) is 9.51. The topological polar surface area (TPSA) is 52.7 Å². The number of carbonyl (C=O) groups is 2. The monoisotopic (exact) mass is 379 g/mol. The van der Waals surface area contributed by atoms with E-state index in [4.69, 9.17) is 0 Å². The van der Waals surface area contributed by atoms with Gasteiger partial charge in [0.1, 0.15) is 0 Å². The minimum absolute atomic E-state index is 0.0177. The smallest absolute Gasteiger partial charge is 0.225 e. The summed E-state index contributed by atoms with van der Waals surface area (Å²) in [6.07, 6.45) is 0.446. The van der Waals surface area contributed by atoms with E-state index in [1.54, 1.807) is 0 Å². The van der Waals surface area contributed by atoms with Gasteiger partial charge in [-0.25, -0.2) is 0 Å². The van der Waals surface area contributed by atoms with Crippen LogP contribution in [0, 0.1) is 5.92 Å². The first-order chi connectivity index (χ1) is 13.5. The Morgan fingerprint density at radius 3 is 2.25 bits per heavy atom. The van der Waals surface area contributed by atoms with Crippen molar-refractivity contribution in [2.75, 3.05) is 38.0 Å². The molecule has 0 saturated carbocycles. The van der Waals surface area contributed by atoms with Gasteiger partial charge in [0.15, 0.2) is 0 Å². The number of piperazine rings is 1. The van der Waals surface area contributed by atoms with E-state index in [0.717, 1.165) is 43.0 Å². The summed E-state index contributed by atoms with van der Waals surface area (Å²) in [6.45, 7) is 7.73. The van der Waals surface area contributed by atoms with Crippen molar-refractivity contribution in [1.29, 1.82) is 0 Å². The van der Waals surface area contributed by atoms with Crippen molar-refractivity contribution in [2.24, 2.45) is 5.92 Å². The molecule has 1 saturated heterocycles. The average Bonchev–Trinajstić information content (AvgIpc) is 2.73. The van der Waals surface area contributed by atoms with Gasteiger partial charge in [-0.2, -0.15) is 0 Å². The van der Waals surface area contributed by atoms with Gasteiger partial charge in [0.25, 0.3) is 0 Å². The largest absolute Gasteiger partial charge is 0.340 e. The molecule has 0 spiro atoms. The van der Waals surface area contributed by atoms with Crippen LogP contribution in [-0.2, 0) is 9.59 Å². The van der Waals surface area contributed by atoms with Crippen molar-refractivity contribution in [1.82, 2.24) is 9.80 Å². The summed E-state index contributed by atoms with van der Waals surface area (Å²) in [6, 6.07) is 18.0. The van der Waals surface area contributed by atoms with E-state index in [9.17, 15) is 9.59 Å². The lowest BCUT2D eigenvalue weighted by atomic mass is 10.0. The molecule has 1 N–H and O–H groups in total. The van der Waals surface area contributed by atoms with Crippen LogP contribution in [0.2, 0.25) is 0 Å². The molecule has 1 heterocycles. The molecule has 1 aliphatic heterocycles. The van der Waals surface area contributed by atoms with E-state index < -0.39 is 0 Å². The number of carbonyl (C=O) groups excluding carboxylic acids is 2. The number of hydrogen-bond acceptors (Lipinski definition) is 3. The Morgan fingerprint density at radius 1 is 0.929 bits per heavy atom. The highest BCUT2D eigenvalue weighted by Gasteiger charge is 2.23. The molecule has 148 valence electrons. The quantitative estimate of drug-likeness (QED) is 0.836. The van der Waals surface area contributed by atoms with Gasteiger partial charge in [-0.3, -0.25) is 14.5 Å². The van der Waals surface area contributed by atoms with Crippen LogP contribution in [0.4, 0.5) is 5.69 Å². The van der Waals surface area contributed by atoms with E-state index in [1.807, 2.05) is 73.3 Å². The van der Waals surface area contributed by atoms with Gasteiger partial charge in [0.2, 0.25) is 11.8 Å². The summed E-state index contributed by atoms with van der Waals surface area (Å²) < 4.78 is 0. The Hall–Kier alpha value is -2.66. The molecule has 5 heteroatoms. The summed E-state index contributed by atoms with van der Waals surface area (Å²) in [5.41, 5.74) is 2.95. The van der Waals surface area contributed by atoms with E-state index >= 15 is 0 Å². The number of nitrogens with one attached hydrogen (secondary N) is 1. The van der Waals surface area contributed by atoms with Crippen LogP contribution < -0.4 is 5.32 Å². The van der Waals surface area contributed by atoms with E-state index in [0.29, 0.717) is 13.0 Å². The second-order valence-electron chi connectivity index (χ2n) is 7.53. The number of rotatable bonds is 6. The summed E-state index contributed by atoms with van der Waals surface area (Å²) >= 11 is 0. The van der Waals surface area contributed by atoms with E-state index in [-0.39, 0.29) is 17.7 Å². The molecule has 2 aromatic rings. The zero-order valence-corrected chi connectivity index (χ0v) is 16.7. The summed E-state index contributed by atoms with van der Waals surface area (Å²) in [4.78, 5) is 28.7. The van der Waals surface area contributed by atoms with Gasteiger partial charge >= 0.3 is 0 Å². The lowest BCUT2D eigenvalue weighted by Crippen LogP contribution is -2.50. The maximum Gasteiger partial charge on any atom is 0.225 e. The lowest BCUT2D eigenvalue weighted by Gasteiger charge is -2.35. The number of hydrogen-bond donors (Lipinski definition) is 1.